The summed E-state index contributed by atoms with van der Waals surface area (Å²) in [5.41, 5.74) is 0.846. The van der Waals surface area contributed by atoms with Gasteiger partial charge in [-0.1, -0.05) is 17.7 Å². The molecule has 2 aromatic rings. The number of halogens is 1. The minimum absolute atomic E-state index is 0.0328. The summed E-state index contributed by atoms with van der Waals surface area (Å²) in [7, 11) is 0. The molecule has 0 aliphatic carbocycles. The van der Waals surface area contributed by atoms with E-state index in [9.17, 15) is 4.79 Å². The first-order chi connectivity index (χ1) is 11.7. The number of nitrogens with one attached hydrogen (secondary N) is 1. The second kappa shape index (κ2) is 7.59. The number of amides is 1. The summed E-state index contributed by atoms with van der Waals surface area (Å²) in [5.74, 6) is 0.956. The maximum atomic E-state index is 11.8. The number of carbonyl (C=O) groups excluding carboxylic acids is 1. The fourth-order valence-electron chi connectivity index (χ4n) is 2.83. The highest BCUT2D eigenvalue weighted by molar-refractivity contribution is 6.31. The molecule has 6 nitrogen and oxygen atoms in total. The summed E-state index contributed by atoms with van der Waals surface area (Å²) >= 11 is 6.04. The highest BCUT2D eigenvalue weighted by atomic mass is 35.5. The molecule has 1 aliphatic heterocycles. The molecule has 2 heterocycles. The monoisotopic (exact) mass is 345 g/mol. The average Bonchev–Trinajstić information content (AvgIpc) is 2.60. The smallest absolute Gasteiger partial charge is 0.234 e. The van der Waals surface area contributed by atoms with Crippen molar-refractivity contribution in [2.24, 2.45) is 0 Å². The molecule has 0 spiro atoms. The van der Waals surface area contributed by atoms with Gasteiger partial charge in [0.15, 0.2) is 0 Å². The molecule has 1 aromatic carbocycles. The van der Waals surface area contributed by atoms with E-state index in [1.54, 1.807) is 12.4 Å². The van der Waals surface area contributed by atoms with Crippen LogP contribution in [0, 0.1) is 0 Å². The maximum absolute atomic E-state index is 11.8. The van der Waals surface area contributed by atoms with Crippen molar-refractivity contribution >= 4 is 34.2 Å². The van der Waals surface area contributed by atoms with Crippen molar-refractivity contribution in [3.63, 3.8) is 0 Å². The quantitative estimate of drug-likeness (QED) is 0.836. The lowest BCUT2D eigenvalue weighted by molar-refractivity contribution is -0.122. The Morgan fingerprint density at radius 1 is 1.29 bits per heavy atom. The van der Waals surface area contributed by atoms with E-state index in [2.05, 4.69) is 31.7 Å². The van der Waals surface area contributed by atoms with Gasteiger partial charge in [0.2, 0.25) is 5.91 Å². The standard InChI is InChI=1S/C17H20ClN5O/c1-2-5-19-16(24)11-22-6-8-23(9-7-22)17-14-4-3-13(18)10-15(14)20-12-21-17/h2-4,10,12H,1,5-9,11H2,(H,19,24). The third kappa shape index (κ3) is 3.83. The van der Waals surface area contributed by atoms with E-state index in [0.29, 0.717) is 18.1 Å². The number of benzene rings is 1. The molecule has 7 heteroatoms. The summed E-state index contributed by atoms with van der Waals surface area (Å²) in [4.78, 5) is 24.9. The normalized spacial score (nSPS) is 15.5. The minimum atomic E-state index is 0.0328. The summed E-state index contributed by atoms with van der Waals surface area (Å²) in [6, 6.07) is 5.67. The summed E-state index contributed by atoms with van der Waals surface area (Å²) < 4.78 is 0. The van der Waals surface area contributed by atoms with Gasteiger partial charge in [-0.3, -0.25) is 9.69 Å². The van der Waals surface area contributed by atoms with Crippen LogP contribution >= 0.6 is 11.6 Å². The van der Waals surface area contributed by atoms with Crippen molar-refractivity contribution in [2.45, 2.75) is 0 Å². The number of aromatic nitrogens is 2. The number of piperazine rings is 1. The molecular weight excluding hydrogens is 326 g/mol. The number of rotatable bonds is 5. The molecule has 0 radical (unpaired) electrons. The van der Waals surface area contributed by atoms with E-state index >= 15 is 0 Å². The van der Waals surface area contributed by atoms with E-state index in [1.165, 1.54) is 0 Å². The van der Waals surface area contributed by atoms with Crippen molar-refractivity contribution in [1.82, 2.24) is 20.2 Å². The Kier molecular flexibility index (Phi) is 5.27. The summed E-state index contributed by atoms with van der Waals surface area (Å²) in [5, 5.41) is 4.47. The van der Waals surface area contributed by atoms with Gasteiger partial charge in [0.25, 0.3) is 0 Å². The molecule has 0 atom stereocenters. The lowest BCUT2D eigenvalue weighted by atomic mass is 10.2. The number of hydrogen-bond acceptors (Lipinski definition) is 5. The van der Waals surface area contributed by atoms with Crippen molar-refractivity contribution in [3.05, 3.63) is 42.2 Å². The Balaban J connectivity index is 1.65. The third-order valence-electron chi connectivity index (χ3n) is 4.06. The third-order valence-corrected chi connectivity index (χ3v) is 4.30. The van der Waals surface area contributed by atoms with Crippen LogP contribution in [0.2, 0.25) is 5.02 Å². The molecule has 126 valence electrons. The second-order valence-electron chi connectivity index (χ2n) is 5.71. The van der Waals surface area contributed by atoms with E-state index in [4.69, 9.17) is 11.6 Å². The predicted molar refractivity (Wildman–Crippen MR) is 96.4 cm³/mol. The summed E-state index contributed by atoms with van der Waals surface area (Å²) in [6.45, 7) is 7.81. The van der Waals surface area contributed by atoms with E-state index in [-0.39, 0.29) is 5.91 Å². The molecule has 1 aromatic heterocycles. The zero-order valence-corrected chi connectivity index (χ0v) is 14.2. The Labute approximate surface area is 146 Å². The Bertz CT molecular complexity index is 743. The van der Waals surface area contributed by atoms with Crippen LogP contribution in [-0.2, 0) is 4.79 Å². The topological polar surface area (TPSA) is 61.4 Å². The van der Waals surface area contributed by atoms with Crippen LogP contribution in [0.15, 0.2) is 37.2 Å². The Morgan fingerprint density at radius 3 is 2.83 bits per heavy atom. The molecule has 1 N–H and O–H groups in total. The van der Waals surface area contributed by atoms with Crippen LogP contribution in [0.3, 0.4) is 0 Å². The van der Waals surface area contributed by atoms with Crippen LogP contribution in [0.5, 0.6) is 0 Å². The molecule has 1 amide bonds. The molecule has 0 unspecified atom stereocenters. The predicted octanol–water partition coefficient (Wildman–Crippen LogP) is 1.71. The lowest BCUT2D eigenvalue weighted by Gasteiger charge is -2.35. The van der Waals surface area contributed by atoms with Crippen molar-refractivity contribution in [2.75, 3.05) is 44.2 Å². The number of nitrogens with zero attached hydrogens (tertiary/aromatic N) is 4. The SMILES string of the molecule is C=CCNC(=O)CN1CCN(c2ncnc3cc(Cl)ccc23)CC1. The van der Waals surface area contributed by atoms with Gasteiger partial charge >= 0.3 is 0 Å². The van der Waals surface area contributed by atoms with Crippen molar-refractivity contribution < 1.29 is 4.79 Å². The van der Waals surface area contributed by atoms with Gasteiger partial charge in [-0.2, -0.15) is 0 Å². The largest absolute Gasteiger partial charge is 0.353 e. The molecule has 1 saturated heterocycles. The maximum Gasteiger partial charge on any atom is 0.234 e. The van der Waals surface area contributed by atoms with Crippen LogP contribution in [0.4, 0.5) is 5.82 Å². The van der Waals surface area contributed by atoms with Crippen LogP contribution in [-0.4, -0.2) is 60.0 Å². The fraction of sp³-hybridized carbons (Fsp3) is 0.353. The molecule has 1 fully saturated rings. The Hall–Kier alpha value is -2.18. The number of hydrogen-bond donors (Lipinski definition) is 1. The first kappa shape index (κ1) is 16.7. The molecule has 0 saturated carbocycles. The van der Waals surface area contributed by atoms with Gasteiger partial charge in [0.05, 0.1) is 12.1 Å². The number of fused-ring (bicyclic) bond motifs is 1. The first-order valence-electron chi connectivity index (χ1n) is 7.92. The van der Waals surface area contributed by atoms with E-state index in [0.717, 1.165) is 42.9 Å². The van der Waals surface area contributed by atoms with E-state index < -0.39 is 0 Å². The molecule has 1 aliphatic rings. The van der Waals surface area contributed by atoms with Gasteiger partial charge in [-0.25, -0.2) is 9.97 Å². The average molecular weight is 346 g/mol. The Morgan fingerprint density at radius 2 is 2.08 bits per heavy atom. The minimum Gasteiger partial charge on any atom is -0.353 e. The molecule has 0 bridgehead atoms. The highest BCUT2D eigenvalue weighted by Crippen LogP contribution is 2.26. The lowest BCUT2D eigenvalue weighted by Crippen LogP contribution is -2.49. The number of anilines is 1. The second-order valence-corrected chi connectivity index (χ2v) is 6.15. The van der Waals surface area contributed by atoms with Crippen LogP contribution in [0.1, 0.15) is 0 Å². The van der Waals surface area contributed by atoms with Crippen molar-refractivity contribution in [1.29, 1.82) is 0 Å². The molecule has 24 heavy (non-hydrogen) atoms. The van der Waals surface area contributed by atoms with Crippen LogP contribution in [0.25, 0.3) is 10.9 Å². The fourth-order valence-corrected chi connectivity index (χ4v) is 3.00. The van der Waals surface area contributed by atoms with E-state index in [1.807, 2.05) is 18.2 Å². The van der Waals surface area contributed by atoms with Crippen LogP contribution < -0.4 is 10.2 Å². The number of carbonyl (C=O) groups is 1. The highest BCUT2D eigenvalue weighted by Gasteiger charge is 2.21. The van der Waals surface area contributed by atoms with Gasteiger partial charge in [0.1, 0.15) is 12.1 Å². The van der Waals surface area contributed by atoms with Gasteiger partial charge < -0.3 is 10.2 Å². The zero-order chi connectivity index (χ0) is 16.9. The molecular formula is C17H20ClN5O. The summed E-state index contributed by atoms with van der Waals surface area (Å²) in [6.07, 6.45) is 3.26. The van der Waals surface area contributed by atoms with Crippen molar-refractivity contribution in [3.8, 4) is 0 Å². The van der Waals surface area contributed by atoms with Gasteiger partial charge in [0, 0.05) is 43.1 Å². The van der Waals surface area contributed by atoms with Gasteiger partial charge in [-0.05, 0) is 18.2 Å². The van der Waals surface area contributed by atoms with Gasteiger partial charge in [-0.15, -0.1) is 6.58 Å². The molecule has 3 rings (SSSR count). The zero-order valence-electron chi connectivity index (χ0n) is 13.4. The first-order valence-corrected chi connectivity index (χ1v) is 8.30.